The van der Waals surface area contributed by atoms with Gasteiger partial charge in [0.25, 0.3) is 5.91 Å². The van der Waals surface area contributed by atoms with Gasteiger partial charge in [-0.2, -0.15) is 0 Å². The molecular weight excluding hydrogens is 359 g/mol. The molecule has 26 heavy (non-hydrogen) atoms. The summed E-state index contributed by atoms with van der Waals surface area (Å²) in [7, 11) is 0. The quantitative estimate of drug-likeness (QED) is 0.761. The van der Waals surface area contributed by atoms with Crippen molar-refractivity contribution < 1.29 is 18.7 Å². The minimum absolute atomic E-state index is 0.0358. The number of nitrogens with one attached hydrogen (secondary N) is 2. The molecule has 0 radical (unpaired) electrons. The fraction of sp³-hybridized carbons (Fsp3) is 0.632. The van der Waals surface area contributed by atoms with Crippen molar-refractivity contribution in [2.75, 3.05) is 19.8 Å². The first-order valence-electron chi connectivity index (χ1n) is 9.27. The van der Waals surface area contributed by atoms with Gasteiger partial charge >= 0.3 is 0 Å². The van der Waals surface area contributed by atoms with Gasteiger partial charge in [-0.1, -0.05) is 11.6 Å². The van der Waals surface area contributed by atoms with Crippen LogP contribution in [0.2, 0.25) is 5.02 Å². The van der Waals surface area contributed by atoms with E-state index in [2.05, 4.69) is 10.6 Å². The van der Waals surface area contributed by atoms with Crippen LogP contribution in [0.3, 0.4) is 0 Å². The molecule has 1 aliphatic heterocycles. The van der Waals surface area contributed by atoms with Crippen LogP contribution in [-0.4, -0.2) is 43.4 Å². The van der Waals surface area contributed by atoms with E-state index in [0.717, 1.165) is 45.3 Å². The average molecular weight is 383 g/mol. The lowest BCUT2D eigenvalue weighted by Gasteiger charge is -2.39. The third-order valence-corrected chi connectivity index (χ3v) is 6.09. The Hall–Kier alpha value is -1.37. The van der Waals surface area contributed by atoms with E-state index in [-0.39, 0.29) is 23.1 Å². The Balaban J connectivity index is 1.22. The normalized spacial score (nSPS) is 32.3. The largest absolute Gasteiger partial charge is 0.484 e. The highest BCUT2D eigenvalue weighted by Crippen LogP contribution is 2.52. The second-order valence-electron chi connectivity index (χ2n) is 7.72. The molecule has 3 saturated carbocycles. The minimum atomic E-state index is -0.555. The van der Waals surface area contributed by atoms with Crippen LogP contribution in [0.25, 0.3) is 0 Å². The van der Waals surface area contributed by atoms with E-state index in [9.17, 15) is 9.18 Å². The Labute approximate surface area is 157 Å². The lowest BCUT2D eigenvalue weighted by Crippen LogP contribution is -2.53. The van der Waals surface area contributed by atoms with Gasteiger partial charge in [-0.05, 0) is 50.2 Å². The first-order valence-corrected chi connectivity index (χ1v) is 9.65. The Morgan fingerprint density at radius 1 is 1.38 bits per heavy atom. The molecule has 1 amide bonds. The van der Waals surface area contributed by atoms with E-state index in [0.29, 0.717) is 23.8 Å². The van der Waals surface area contributed by atoms with E-state index < -0.39 is 5.82 Å². The summed E-state index contributed by atoms with van der Waals surface area (Å²) in [4.78, 5) is 12.2. The monoisotopic (exact) mass is 382 g/mol. The van der Waals surface area contributed by atoms with E-state index >= 15 is 0 Å². The van der Waals surface area contributed by atoms with Crippen LogP contribution in [0.5, 0.6) is 5.75 Å². The number of hydrogen-bond donors (Lipinski definition) is 2. The van der Waals surface area contributed by atoms with Crippen LogP contribution in [0.15, 0.2) is 18.2 Å². The predicted molar refractivity (Wildman–Crippen MR) is 95.9 cm³/mol. The molecule has 2 atom stereocenters. The standard InChI is InChI=1S/C19H24ClFN2O3/c20-15-4-3-13(6-16(15)21)26-11-18(24)23-19-7-12(8-19)17(9-19)22-10-14-2-1-5-25-14/h3-4,6,12,14,17,22H,1-2,5,7-11H2,(H,23,24)/t12?,14?,17-,19?/m0/s1. The molecule has 1 aromatic carbocycles. The predicted octanol–water partition coefficient (Wildman–Crippen LogP) is 2.66. The lowest BCUT2D eigenvalue weighted by atomic mass is 9.76. The maximum atomic E-state index is 13.4. The number of ether oxygens (including phenoxy) is 2. The molecule has 2 bridgehead atoms. The second kappa shape index (κ2) is 7.33. The Kier molecular flexibility index (Phi) is 5.08. The number of carbonyl (C=O) groups excluding carboxylic acids is 1. The fourth-order valence-corrected chi connectivity index (χ4v) is 4.63. The SMILES string of the molecule is O=C(COc1ccc(Cl)c(F)c1)NC12CC(C1)[C@@H](NCC1CCCO1)C2. The number of amides is 1. The maximum Gasteiger partial charge on any atom is 0.258 e. The van der Waals surface area contributed by atoms with Gasteiger partial charge in [-0.25, -0.2) is 4.39 Å². The Bertz CT molecular complexity index is 675. The lowest BCUT2D eigenvalue weighted by molar-refractivity contribution is -0.125. The Morgan fingerprint density at radius 2 is 2.23 bits per heavy atom. The zero-order chi connectivity index (χ0) is 18.1. The first-order chi connectivity index (χ1) is 12.5. The minimum Gasteiger partial charge on any atom is -0.484 e. The summed E-state index contributed by atoms with van der Waals surface area (Å²) < 4.78 is 24.4. The van der Waals surface area contributed by atoms with Gasteiger partial charge in [0.2, 0.25) is 0 Å². The van der Waals surface area contributed by atoms with Crippen molar-refractivity contribution in [3.8, 4) is 5.75 Å². The number of hydrogen-bond acceptors (Lipinski definition) is 4. The zero-order valence-corrected chi connectivity index (χ0v) is 15.4. The Morgan fingerprint density at radius 3 is 2.96 bits per heavy atom. The van der Waals surface area contributed by atoms with Crippen molar-refractivity contribution in [1.29, 1.82) is 0 Å². The van der Waals surface area contributed by atoms with Gasteiger partial charge in [0, 0.05) is 30.8 Å². The van der Waals surface area contributed by atoms with Gasteiger partial charge in [0.1, 0.15) is 11.6 Å². The summed E-state index contributed by atoms with van der Waals surface area (Å²) in [5, 5.41) is 6.78. The molecule has 4 fully saturated rings. The number of benzene rings is 1. The second-order valence-corrected chi connectivity index (χ2v) is 8.12. The van der Waals surface area contributed by atoms with Crippen LogP contribution >= 0.6 is 11.6 Å². The molecular formula is C19H24ClFN2O3. The highest BCUT2D eigenvalue weighted by molar-refractivity contribution is 6.30. The molecule has 1 aromatic rings. The van der Waals surface area contributed by atoms with Crippen molar-refractivity contribution in [1.82, 2.24) is 10.6 Å². The zero-order valence-electron chi connectivity index (χ0n) is 14.6. The molecule has 5 rings (SSSR count). The first kappa shape index (κ1) is 18.0. The maximum absolute atomic E-state index is 13.4. The molecule has 142 valence electrons. The molecule has 3 aliphatic carbocycles. The van der Waals surface area contributed by atoms with Crippen LogP contribution in [0.1, 0.15) is 32.1 Å². The van der Waals surface area contributed by atoms with Gasteiger partial charge < -0.3 is 20.1 Å². The average Bonchev–Trinajstić information content (AvgIpc) is 3.28. The molecule has 1 heterocycles. The molecule has 2 N–H and O–H groups in total. The third-order valence-electron chi connectivity index (χ3n) is 5.78. The van der Waals surface area contributed by atoms with E-state index in [4.69, 9.17) is 21.1 Å². The molecule has 4 aliphatic rings. The van der Waals surface area contributed by atoms with Crippen LogP contribution in [-0.2, 0) is 9.53 Å². The number of halogens is 2. The van der Waals surface area contributed by atoms with Crippen LogP contribution in [0, 0.1) is 11.7 Å². The summed E-state index contributed by atoms with van der Waals surface area (Å²) in [5.74, 6) is 0.205. The fourth-order valence-electron chi connectivity index (χ4n) is 4.51. The molecule has 0 spiro atoms. The van der Waals surface area contributed by atoms with Gasteiger partial charge in [-0.15, -0.1) is 0 Å². The summed E-state index contributed by atoms with van der Waals surface area (Å²) in [6.07, 6.45) is 5.60. The molecule has 0 aromatic heterocycles. The van der Waals surface area contributed by atoms with Crippen LogP contribution < -0.4 is 15.4 Å². The van der Waals surface area contributed by atoms with Crippen LogP contribution in [0.4, 0.5) is 4.39 Å². The summed E-state index contributed by atoms with van der Waals surface area (Å²) in [5.41, 5.74) is -0.107. The topological polar surface area (TPSA) is 59.6 Å². The van der Waals surface area contributed by atoms with Crippen molar-refractivity contribution in [3.05, 3.63) is 29.0 Å². The summed E-state index contributed by atoms with van der Waals surface area (Å²) in [6, 6.07) is 4.61. The summed E-state index contributed by atoms with van der Waals surface area (Å²) in [6.45, 7) is 1.65. The number of rotatable bonds is 7. The molecule has 5 nitrogen and oxygen atoms in total. The van der Waals surface area contributed by atoms with Crippen molar-refractivity contribution >= 4 is 17.5 Å². The van der Waals surface area contributed by atoms with Gasteiger partial charge in [0.05, 0.1) is 11.1 Å². The number of fused-ring (bicyclic) bond motifs is 1. The summed E-state index contributed by atoms with van der Waals surface area (Å²) >= 11 is 5.64. The van der Waals surface area contributed by atoms with Crippen molar-refractivity contribution in [3.63, 3.8) is 0 Å². The number of carbonyl (C=O) groups is 1. The van der Waals surface area contributed by atoms with Gasteiger partial charge in [0.15, 0.2) is 6.61 Å². The van der Waals surface area contributed by atoms with E-state index in [1.165, 1.54) is 12.1 Å². The highest BCUT2D eigenvalue weighted by Gasteiger charge is 2.56. The smallest absolute Gasteiger partial charge is 0.258 e. The third kappa shape index (κ3) is 3.82. The highest BCUT2D eigenvalue weighted by atomic mass is 35.5. The van der Waals surface area contributed by atoms with Gasteiger partial charge in [-0.3, -0.25) is 4.79 Å². The molecule has 1 saturated heterocycles. The molecule has 7 heteroatoms. The van der Waals surface area contributed by atoms with E-state index in [1.54, 1.807) is 6.07 Å². The van der Waals surface area contributed by atoms with Crippen molar-refractivity contribution in [2.45, 2.75) is 49.8 Å². The van der Waals surface area contributed by atoms with Crippen molar-refractivity contribution in [2.24, 2.45) is 5.92 Å². The van der Waals surface area contributed by atoms with E-state index in [1.807, 2.05) is 0 Å². The molecule has 1 unspecified atom stereocenters.